The third-order valence-electron chi connectivity index (χ3n) is 5.04. The van der Waals surface area contributed by atoms with E-state index in [1.807, 2.05) is 16.5 Å². The van der Waals surface area contributed by atoms with Crippen LogP contribution in [0.2, 0.25) is 0 Å². The predicted octanol–water partition coefficient (Wildman–Crippen LogP) is 2.34. The first-order valence-corrected chi connectivity index (χ1v) is 8.54. The average molecular weight is 342 g/mol. The highest BCUT2D eigenvalue weighted by Gasteiger charge is 2.34. The van der Waals surface area contributed by atoms with Gasteiger partial charge in [-0.25, -0.2) is 4.68 Å². The van der Waals surface area contributed by atoms with Gasteiger partial charge in [0, 0.05) is 12.1 Å². The Morgan fingerprint density at radius 2 is 1.91 bits per heavy atom. The molecule has 1 saturated heterocycles. The maximum absolute atomic E-state index is 12.9. The van der Waals surface area contributed by atoms with E-state index >= 15 is 0 Å². The Kier molecular flexibility index (Phi) is 6.03. The van der Waals surface area contributed by atoms with Gasteiger partial charge in [-0.05, 0) is 66.0 Å². The van der Waals surface area contributed by atoms with E-state index < -0.39 is 0 Å². The summed E-state index contributed by atoms with van der Waals surface area (Å²) in [5, 5.41) is 11.9. The van der Waals surface area contributed by atoms with Crippen LogP contribution in [0, 0.1) is 6.92 Å². The van der Waals surface area contributed by atoms with Gasteiger partial charge >= 0.3 is 0 Å². The maximum Gasteiger partial charge on any atom is 0.276 e. The number of nitrogens with one attached hydrogen (secondary N) is 1. The van der Waals surface area contributed by atoms with Crippen LogP contribution in [-0.2, 0) is 0 Å². The Morgan fingerprint density at radius 1 is 1.26 bits per heavy atom. The molecule has 0 radical (unpaired) electrons. The van der Waals surface area contributed by atoms with E-state index in [-0.39, 0.29) is 24.4 Å². The molecular formula is C16H28ClN5O. The SMILES string of the molecule is Cc1c(C(=O)N(C(C)C)C2CCC2)nnn1C1CCNCC1.Cl. The van der Waals surface area contributed by atoms with Gasteiger partial charge in [0.05, 0.1) is 11.7 Å². The van der Waals surface area contributed by atoms with Gasteiger partial charge in [0.15, 0.2) is 5.69 Å². The second-order valence-corrected chi connectivity index (χ2v) is 6.84. The molecule has 1 aromatic heterocycles. The number of hydrogen-bond donors (Lipinski definition) is 1. The third-order valence-corrected chi connectivity index (χ3v) is 5.04. The van der Waals surface area contributed by atoms with Gasteiger partial charge in [0.25, 0.3) is 5.91 Å². The molecule has 0 aromatic carbocycles. The Labute approximate surface area is 144 Å². The third kappa shape index (κ3) is 3.53. The number of aromatic nitrogens is 3. The molecule has 1 aliphatic heterocycles. The van der Waals surface area contributed by atoms with Crippen LogP contribution in [0.1, 0.15) is 68.2 Å². The van der Waals surface area contributed by atoms with E-state index in [2.05, 4.69) is 29.5 Å². The molecule has 1 amide bonds. The largest absolute Gasteiger partial charge is 0.332 e. The summed E-state index contributed by atoms with van der Waals surface area (Å²) < 4.78 is 1.97. The lowest BCUT2D eigenvalue weighted by Gasteiger charge is -2.40. The van der Waals surface area contributed by atoms with Crippen molar-refractivity contribution in [3.05, 3.63) is 11.4 Å². The van der Waals surface area contributed by atoms with Crippen molar-refractivity contribution in [2.75, 3.05) is 13.1 Å². The highest BCUT2D eigenvalue weighted by atomic mass is 35.5. The summed E-state index contributed by atoms with van der Waals surface area (Å²) in [5.74, 6) is 0.0531. The molecule has 2 fully saturated rings. The lowest BCUT2D eigenvalue weighted by Crippen LogP contribution is -2.48. The standard InChI is InChI=1S/C16H27N5O.ClH/c1-11(2)20(13-5-4-6-13)16(22)15-12(3)21(19-18-15)14-7-9-17-10-8-14;/h11,13-14,17H,4-10H2,1-3H3;1H. The number of halogens is 1. The van der Waals surface area contributed by atoms with E-state index in [0.717, 1.165) is 44.5 Å². The lowest BCUT2D eigenvalue weighted by atomic mass is 9.90. The van der Waals surface area contributed by atoms with Crippen molar-refractivity contribution in [3.63, 3.8) is 0 Å². The summed E-state index contributed by atoms with van der Waals surface area (Å²) in [6, 6.07) is 0.962. The van der Waals surface area contributed by atoms with Gasteiger partial charge in [-0.15, -0.1) is 17.5 Å². The molecule has 0 bridgehead atoms. The molecule has 1 aliphatic carbocycles. The number of carbonyl (C=O) groups is 1. The minimum atomic E-state index is 0. The highest BCUT2D eigenvalue weighted by Crippen LogP contribution is 2.29. The summed E-state index contributed by atoms with van der Waals surface area (Å²) in [7, 11) is 0. The number of rotatable bonds is 4. The topological polar surface area (TPSA) is 63.1 Å². The summed E-state index contributed by atoms with van der Waals surface area (Å²) in [5.41, 5.74) is 1.46. The number of amides is 1. The van der Waals surface area contributed by atoms with Crippen LogP contribution in [0.15, 0.2) is 0 Å². The minimum Gasteiger partial charge on any atom is -0.332 e. The molecule has 130 valence electrons. The molecular weight excluding hydrogens is 314 g/mol. The zero-order valence-electron chi connectivity index (χ0n) is 14.3. The Balaban J connectivity index is 0.00000192. The van der Waals surface area contributed by atoms with Crippen LogP contribution in [0.5, 0.6) is 0 Å². The number of nitrogens with zero attached hydrogens (tertiary/aromatic N) is 4. The minimum absolute atomic E-state index is 0. The summed E-state index contributed by atoms with van der Waals surface area (Å²) in [4.78, 5) is 14.9. The van der Waals surface area contributed by atoms with Crippen LogP contribution in [0.3, 0.4) is 0 Å². The van der Waals surface area contributed by atoms with E-state index in [0.29, 0.717) is 17.8 Å². The first-order chi connectivity index (χ1) is 10.6. The lowest BCUT2D eigenvalue weighted by molar-refractivity contribution is 0.0482. The number of carbonyl (C=O) groups excluding carboxylic acids is 1. The molecule has 0 atom stereocenters. The maximum atomic E-state index is 12.9. The van der Waals surface area contributed by atoms with Gasteiger partial charge in [-0.3, -0.25) is 4.79 Å². The van der Waals surface area contributed by atoms with Crippen molar-refractivity contribution < 1.29 is 4.79 Å². The second kappa shape index (κ2) is 7.62. The molecule has 23 heavy (non-hydrogen) atoms. The average Bonchev–Trinajstić information content (AvgIpc) is 2.84. The molecule has 1 N–H and O–H groups in total. The molecule has 1 aromatic rings. The Hall–Kier alpha value is -1.14. The van der Waals surface area contributed by atoms with Crippen LogP contribution >= 0.6 is 12.4 Å². The van der Waals surface area contributed by atoms with Gasteiger partial charge in [-0.2, -0.15) is 0 Å². The van der Waals surface area contributed by atoms with Crippen LogP contribution in [0.4, 0.5) is 0 Å². The normalized spacial score (nSPS) is 19.3. The highest BCUT2D eigenvalue weighted by molar-refractivity contribution is 5.93. The van der Waals surface area contributed by atoms with Crippen molar-refractivity contribution in [2.24, 2.45) is 0 Å². The van der Waals surface area contributed by atoms with Crippen molar-refractivity contribution in [1.29, 1.82) is 0 Å². The Morgan fingerprint density at radius 3 is 2.43 bits per heavy atom. The molecule has 2 heterocycles. The summed E-state index contributed by atoms with van der Waals surface area (Å²) >= 11 is 0. The predicted molar refractivity (Wildman–Crippen MR) is 92.1 cm³/mol. The van der Waals surface area contributed by atoms with Gasteiger partial charge in [0.1, 0.15) is 0 Å². The monoisotopic (exact) mass is 341 g/mol. The molecule has 6 nitrogen and oxygen atoms in total. The smallest absolute Gasteiger partial charge is 0.276 e. The fraction of sp³-hybridized carbons (Fsp3) is 0.812. The fourth-order valence-electron chi connectivity index (χ4n) is 3.55. The molecule has 0 unspecified atom stereocenters. The van der Waals surface area contributed by atoms with Gasteiger partial charge < -0.3 is 10.2 Å². The van der Waals surface area contributed by atoms with Crippen LogP contribution in [-0.4, -0.2) is 51.0 Å². The number of hydrogen-bond acceptors (Lipinski definition) is 4. The van der Waals surface area contributed by atoms with Crippen molar-refractivity contribution in [3.8, 4) is 0 Å². The molecule has 3 rings (SSSR count). The second-order valence-electron chi connectivity index (χ2n) is 6.84. The number of piperidine rings is 1. The van der Waals surface area contributed by atoms with Gasteiger partial charge in [-0.1, -0.05) is 5.21 Å². The fourth-order valence-corrected chi connectivity index (χ4v) is 3.55. The summed E-state index contributed by atoms with van der Waals surface area (Å²) in [6.07, 6.45) is 5.56. The quantitative estimate of drug-likeness (QED) is 0.913. The zero-order valence-corrected chi connectivity index (χ0v) is 15.1. The first-order valence-electron chi connectivity index (χ1n) is 8.54. The van der Waals surface area contributed by atoms with E-state index in [1.54, 1.807) is 0 Å². The van der Waals surface area contributed by atoms with E-state index in [9.17, 15) is 4.79 Å². The molecule has 7 heteroatoms. The van der Waals surface area contributed by atoms with E-state index in [4.69, 9.17) is 0 Å². The van der Waals surface area contributed by atoms with Crippen LogP contribution < -0.4 is 5.32 Å². The van der Waals surface area contributed by atoms with Crippen molar-refractivity contribution in [1.82, 2.24) is 25.2 Å². The molecule has 2 aliphatic rings. The molecule has 0 spiro atoms. The van der Waals surface area contributed by atoms with Crippen molar-refractivity contribution >= 4 is 18.3 Å². The van der Waals surface area contributed by atoms with Crippen molar-refractivity contribution in [2.45, 2.75) is 71.0 Å². The van der Waals surface area contributed by atoms with Crippen LogP contribution in [0.25, 0.3) is 0 Å². The Bertz CT molecular complexity index is 535. The molecule has 1 saturated carbocycles. The zero-order chi connectivity index (χ0) is 15.7. The van der Waals surface area contributed by atoms with Gasteiger partial charge in [0.2, 0.25) is 0 Å². The van der Waals surface area contributed by atoms with E-state index in [1.165, 1.54) is 6.42 Å². The summed E-state index contributed by atoms with van der Waals surface area (Å²) in [6.45, 7) is 8.17. The first kappa shape index (κ1) is 18.2.